The van der Waals surface area contributed by atoms with E-state index in [0.717, 1.165) is 16.9 Å². The van der Waals surface area contributed by atoms with E-state index in [-0.39, 0.29) is 29.7 Å². The Kier molecular flexibility index (Phi) is 9.84. The van der Waals surface area contributed by atoms with Gasteiger partial charge in [0.1, 0.15) is 11.5 Å². The van der Waals surface area contributed by atoms with E-state index in [2.05, 4.69) is 20.4 Å². The number of benzene rings is 2. The molecule has 0 unspecified atom stereocenters. The third kappa shape index (κ3) is 7.20. The Morgan fingerprint density at radius 3 is 2.26 bits per heavy atom. The van der Waals surface area contributed by atoms with Crippen molar-refractivity contribution in [3.63, 3.8) is 0 Å². The third-order valence-corrected chi connectivity index (χ3v) is 3.75. The van der Waals surface area contributed by atoms with Gasteiger partial charge in [-0.2, -0.15) is 8.78 Å². The van der Waals surface area contributed by atoms with Crippen molar-refractivity contribution >= 4 is 29.9 Å². The lowest BCUT2D eigenvalue weighted by atomic mass is 10.1. The molecule has 0 spiro atoms. The minimum absolute atomic E-state index is 0. The fourth-order valence-electron chi connectivity index (χ4n) is 2.44. The first-order valence-corrected chi connectivity index (χ1v) is 8.14. The van der Waals surface area contributed by atoms with Crippen LogP contribution in [-0.2, 0) is 13.1 Å². The lowest BCUT2D eigenvalue weighted by Gasteiger charge is -2.15. The molecule has 2 N–H and O–H groups in total. The molecule has 0 aliphatic heterocycles. The van der Waals surface area contributed by atoms with Crippen molar-refractivity contribution in [2.24, 2.45) is 4.99 Å². The maximum Gasteiger partial charge on any atom is 0.387 e. The Morgan fingerprint density at radius 1 is 1.04 bits per heavy atom. The topological polar surface area (TPSA) is 54.9 Å². The molecule has 0 heterocycles. The molecule has 0 atom stereocenters. The summed E-state index contributed by atoms with van der Waals surface area (Å²) in [6.45, 7) is -0.0482. The number of nitrogens with zero attached hydrogens (tertiary/aromatic N) is 1. The van der Waals surface area contributed by atoms with E-state index in [9.17, 15) is 8.78 Å². The van der Waals surface area contributed by atoms with Gasteiger partial charge in [-0.3, -0.25) is 4.99 Å². The molecule has 0 saturated heterocycles. The molecule has 27 heavy (non-hydrogen) atoms. The van der Waals surface area contributed by atoms with E-state index in [0.29, 0.717) is 24.6 Å². The Labute approximate surface area is 175 Å². The van der Waals surface area contributed by atoms with Crippen LogP contribution >= 0.6 is 24.0 Å². The summed E-state index contributed by atoms with van der Waals surface area (Å²) in [6.07, 6.45) is 0. The maximum absolute atomic E-state index is 12.5. The zero-order chi connectivity index (χ0) is 18.9. The lowest BCUT2D eigenvalue weighted by molar-refractivity contribution is -0.0504. The molecule has 148 valence electrons. The molecule has 2 aromatic carbocycles. The second-order valence-electron chi connectivity index (χ2n) is 5.58. The predicted octanol–water partition coefficient (Wildman–Crippen LogP) is 4.09. The maximum atomic E-state index is 12.5. The average molecular weight is 491 g/mol. The minimum atomic E-state index is -2.86. The van der Waals surface area contributed by atoms with Gasteiger partial charge in [-0.05, 0) is 24.6 Å². The van der Waals surface area contributed by atoms with Gasteiger partial charge in [-0.25, -0.2) is 0 Å². The van der Waals surface area contributed by atoms with Crippen LogP contribution in [0.15, 0.2) is 47.5 Å². The van der Waals surface area contributed by atoms with Gasteiger partial charge >= 0.3 is 6.61 Å². The molecule has 0 fully saturated rings. The molecule has 5 nitrogen and oxygen atoms in total. The number of halogens is 3. The van der Waals surface area contributed by atoms with Crippen molar-refractivity contribution in [1.29, 1.82) is 0 Å². The van der Waals surface area contributed by atoms with Crippen molar-refractivity contribution in [3.05, 3.63) is 59.2 Å². The fraction of sp³-hybridized carbons (Fsp3) is 0.316. The van der Waals surface area contributed by atoms with Crippen LogP contribution in [0.25, 0.3) is 0 Å². The van der Waals surface area contributed by atoms with E-state index in [1.165, 1.54) is 6.07 Å². The highest BCUT2D eigenvalue weighted by Gasteiger charge is 2.10. The van der Waals surface area contributed by atoms with Gasteiger partial charge in [0.05, 0.1) is 7.11 Å². The number of guanidine groups is 1. The number of rotatable bonds is 7. The molecule has 8 heteroatoms. The highest BCUT2D eigenvalue weighted by molar-refractivity contribution is 14.0. The van der Waals surface area contributed by atoms with Crippen molar-refractivity contribution in [2.75, 3.05) is 14.2 Å². The molecule has 0 aliphatic rings. The van der Waals surface area contributed by atoms with Crippen LogP contribution in [-0.4, -0.2) is 26.7 Å². The fourth-order valence-corrected chi connectivity index (χ4v) is 2.44. The van der Waals surface area contributed by atoms with Gasteiger partial charge in [-0.1, -0.05) is 30.3 Å². The number of alkyl halides is 2. The lowest BCUT2D eigenvalue weighted by Crippen LogP contribution is -2.36. The highest BCUT2D eigenvalue weighted by Crippen LogP contribution is 2.21. The molecule has 0 amide bonds. The van der Waals surface area contributed by atoms with E-state index in [4.69, 9.17) is 4.74 Å². The first kappa shape index (κ1) is 22.9. The van der Waals surface area contributed by atoms with Crippen molar-refractivity contribution in [2.45, 2.75) is 26.6 Å². The van der Waals surface area contributed by atoms with Gasteiger partial charge in [0.15, 0.2) is 5.96 Å². The standard InChI is InChI=1S/C19H23F2N3O2.HI/c1-13-8-9-15(17(10-13)25-3)12-24-19(22-2)23-11-14-6-4-5-7-16(14)26-18(20)21;/h4-10,18H,11-12H2,1-3H3,(H2,22,23,24);1H. The molecule has 0 aliphatic carbocycles. The molecular formula is C19H24F2IN3O2. The van der Waals surface area contributed by atoms with Crippen LogP contribution in [0.3, 0.4) is 0 Å². The van der Waals surface area contributed by atoms with Gasteiger partial charge in [0, 0.05) is 31.3 Å². The summed E-state index contributed by atoms with van der Waals surface area (Å²) in [7, 11) is 3.27. The number of aryl methyl sites for hydroxylation is 1. The van der Waals surface area contributed by atoms with Crippen LogP contribution in [0.2, 0.25) is 0 Å². The van der Waals surface area contributed by atoms with Crippen LogP contribution in [0, 0.1) is 6.92 Å². The normalized spacial score (nSPS) is 11.0. The van der Waals surface area contributed by atoms with Crippen LogP contribution in [0.4, 0.5) is 8.78 Å². The molecule has 0 saturated carbocycles. The first-order chi connectivity index (χ1) is 12.5. The number of nitrogens with one attached hydrogen (secondary N) is 2. The van der Waals surface area contributed by atoms with Crippen LogP contribution in [0.5, 0.6) is 11.5 Å². The summed E-state index contributed by atoms with van der Waals surface area (Å²) < 4.78 is 34.9. The largest absolute Gasteiger partial charge is 0.496 e. The average Bonchev–Trinajstić information content (AvgIpc) is 2.63. The third-order valence-electron chi connectivity index (χ3n) is 3.75. The minimum Gasteiger partial charge on any atom is -0.496 e. The molecule has 0 radical (unpaired) electrons. The number of methoxy groups -OCH3 is 1. The zero-order valence-electron chi connectivity index (χ0n) is 15.5. The van der Waals surface area contributed by atoms with Gasteiger partial charge in [0.25, 0.3) is 0 Å². The second-order valence-corrected chi connectivity index (χ2v) is 5.58. The molecular weight excluding hydrogens is 467 g/mol. The van der Waals surface area contributed by atoms with Gasteiger partial charge in [-0.15, -0.1) is 24.0 Å². The van der Waals surface area contributed by atoms with E-state index >= 15 is 0 Å². The van der Waals surface area contributed by atoms with Gasteiger partial charge < -0.3 is 20.1 Å². The van der Waals surface area contributed by atoms with Crippen molar-refractivity contribution in [3.8, 4) is 11.5 Å². The van der Waals surface area contributed by atoms with E-state index < -0.39 is 6.61 Å². The second kappa shape index (κ2) is 11.6. The number of aliphatic imine (C=N–C) groups is 1. The summed E-state index contributed by atoms with van der Waals surface area (Å²) in [6, 6.07) is 12.6. The SMILES string of the molecule is CN=C(NCc1ccc(C)cc1OC)NCc1ccccc1OC(F)F.I. The molecule has 2 rings (SSSR count). The van der Waals surface area contributed by atoms with Crippen molar-refractivity contribution < 1.29 is 18.3 Å². The summed E-state index contributed by atoms with van der Waals surface area (Å²) in [4.78, 5) is 4.15. The predicted molar refractivity (Wildman–Crippen MR) is 113 cm³/mol. The summed E-state index contributed by atoms with van der Waals surface area (Å²) in [5.41, 5.74) is 2.72. The Bertz CT molecular complexity index is 757. The smallest absolute Gasteiger partial charge is 0.387 e. The number of ether oxygens (including phenoxy) is 2. The van der Waals surface area contributed by atoms with Gasteiger partial charge in [0.2, 0.25) is 0 Å². The zero-order valence-corrected chi connectivity index (χ0v) is 17.8. The number of para-hydroxylation sites is 1. The van der Waals surface area contributed by atoms with Crippen LogP contribution in [0.1, 0.15) is 16.7 Å². The Balaban J connectivity index is 0.00000364. The highest BCUT2D eigenvalue weighted by atomic mass is 127. The number of hydrogen-bond acceptors (Lipinski definition) is 3. The summed E-state index contributed by atoms with van der Waals surface area (Å²) >= 11 is 0. The monoisotopic (exact) mass is 491 g/mol. The van der Waals surface area contributed by atoms with Crippen molar-refractivity contribution in [1.82, 2.24) is 10.6 Å². The number of hydrogen-bond donors (Lipinski definition) is 2. The Morgan fingerprint density at radius 2 is 1.67 bits per heavy atom. The quantitative estimate of drug-likeness (QED) is 0.348. The van der Waals surface area contributed by atoms with Crippen LogP contribution < -0.4 is 20.1 Å². The molecule has 0 aromatic heterocycles. The van der Waals surface area contributed by atoms with E-state index in [1.807, 2.05) is 25.1 Å². The van der Waals surface area contributed by atoms with E-state index in [1.54, 1.807) is 32.4 Å². The summed E-state index contributed by atoms with van der Waals surface area (Å²) in [5.74, 6) is 1.48. The molecule has 0 bridgehead atoms. The summed E-state index contributed by atoms with van der Waals surface area (Å²) in [5, 5.41) is 6.27. The Hall–Kier alpha value is -2.10. The first-order valence-electron chi connectivity index (χ1n) is 8.14. The molecule has 2 aromatic rings.